The Morgan fingerprint density at radius 1 is 1.24 bits per heavy atom. The molecule has 0 aliphatic heterocycles. The highest BCUT2D eigenvalue weighted by molar-refractivity contribution is 5.47. The molecule has 5 heteroatoms. The largest absolute Gasteiger partial charge is 0.396 e. The highest BCUT2D eigenvalue weighted by Gasteiger charge is 2.08. The number of aliphatic hydroxyl groups excluding tert-OH is 1. The fourth-order valence-corrected chi connectivity index (χ4v) is 1.29. The van der Waals surface area contributed by atoms with Crippen molar-refractivity contribution in [2.75, 3.05) is 30.8 Å². The number of nitrogens with zero attached hydrogens (tertiary/aromatic N) is 2. The summed E-state index contributed by atoms with van der Waals surface area (Å²) in [5.74, 6) is 2.93. The molecule has 1 aromatic heterocycles. The first-order chi connectivity index (χ1) is 8.06. The number of hydrogen-bond donors (Lipinski definition) is 3. The van der Waals surface area contributed by atoms with Gasteiger partial charge in [0.25, 0.3) is 0 Å². The predicted octanol–water partition coefficient (Wildman–Crippen LogP) is 1.68. The number of aliphatic hydroxyl groups is 1. The summed E-state index contributed by atoms with van der Waals surface area (Å²) in [6.45, 7) is 6.99. The van der Waals surface area contributed by atoms with Crippen molar-refractivity contribution in [3.63, 3.8) is 0 Å². The highest BCUT2D eigenvalue weighted by atomic mass is 16.3. The molecule has 0 saturated heterocycles. The molecule has 1 heterocycles. The van der Waals surface area contributed by atoms with E-state index in [-0.39, 0.29) is 12.5 Å². The van der Waals surface area contributed by atoms with Gasteiger partial charge in [-0.1, -0.05) is 20.8 Å². The number of aromatic nitrogens is 2. The Morgan fingerprint density at radius 3 is 2.41 bits per heavy atom. The molecule has 1 aromatic rings. The van der Waals surface area contributed by atoms with E-state index < -0.39 is 0 Å². The highest BCUT2D eigenvalue weighted by Crippen LogP contribution is 2.16. The van der Waals surface area contributed by atoms with E-state index in [0.29, 0.717) is 12.5 Å². The molecule has 1 unspecified atom stereocenters. The van der Waals surface area contributed by atoms with E-state index in [0.717, 1.165) is 17.5 Å². The van der Waals surface area contributed by atoms with Gasteiger partial charge >= 0.3 is 0 Å². The summed E-state index contributed by atoms with van der Waals surface area (Å²) in [7, 11) is 1.84. The molecule has 0 radical (unpaired) electrons. The van der Waals surface area contributed by atoms with Crippen molar-refractivity contribution >= 4 is 11.6 Å². The van der Waals surface area contributed by atoms with Gasteiger partial charge in [-0.3, -0.25) is 0 Å². The third kappa shape index (κ3) is 4.19. The topological polar surface area (TPSA) is 70.1 Å². The van der Waals surface area contributed by atoms with Crippen LogP contribution in [-0.2, 0) is 0 Å². The van der Waals surface area contributed by atoms with E-state index in [1.807, 2.05) is 20.0 Å². The molecular weight excluding hydrogens is 216 g/mol. The Balaban J connectivity index is 2.80. The van der Waals surface area contributed by atoms with Crippen molar-refractivity contribution < 1.29 is 5.11 Å². The molecule has 0 spiro atoms. The van der Waals surface area contributed by atoms with Gasteiger partial charge in [-0.25, -0.2) is 9.97 Å². The Labute approximate surface area is 103 Å². The van der Waals surface area contributed by atoms with Crippen molar-refractivity contribution in [3.05, 3.63) is 11.9 Å². The van der Waals surface area contributed by atoms with Crippen molar-refractivity contribution in [1.29, 1.82) is 0 Å². The first kappa shape index (κ1) is 13.7. The van der Waals surface area contributed by atoms with Crippen LogP contribution >= 0.6 is 0 Å². The Hall–Kier alpha value is -1.36. The molecule has 1 rings (SSSR count). The standard InChI is InChI=1S/C12H22N4O/c1-8(2)12-15-10(13-4)5-11(16-12)14-6-9(3)7-17/h5,8-9,17H,6-7H2,1-4H3,(H2,13,14,15,16). The van der Waals surface area contributed by atoms with Gasteiger partial charge in [-0.15, -0.1) is 0 Å². The molecular formula is C12H22N4O. The first-order valence-corrected chi connectivity index (χ1v) is 5.98. The van der Waals surface area contributed by atoms with Crippen LogP contribution in [-0.4, -0.2) is 35.3 Å². The van der Waals surface area contributed by atoms with Crippen LogP contribution in [0.15, 0.2) is 6.07 Å². The fourth-order valence-electron chi connectivity index (χ4n) is 1.29. The van der Waals surface area contributed by atoms with Gasteiger partial charge in [-0.2, -0.15) is 0 Å². The smallest absolute Gasteiger partial charge is 0.135 e. The second-order valence-electron chi connectivity index (χ2n) is 4.57. The van der Waals surface area contributed by atoms with Gasteiger partial charge in [0.1, 0.15) is 17.5 Å². The van der Waals surface area contributed by atoms with E-state index in [1.165, 1.54) is 0 Å². The van der Waals surface area contributed by atoms with E-state index in [2.05, 4.69) is 34.4 Å². The predicted molar refractivity (Wildman–Crippen MR) is 70.4 cm³/mol. The molecule has 0 aromatic carbocycles. The third-order valence-corrected chi connectivity index (χ3v) is 2.46. The quantitative estimate of drug-likeness (QED) is 0.703. The van der Waals surface area contributed by atoms with E-state index in [9.17, 15) is 0 Å². The minimum absolute atomic E-state index is 0.175. The zero-order valence-electron chi connectivity index (χ0n) is 11.0. The lowest BCUT2D eigenvalue weighted by Gasteiger charge is -2.13. The van der Waals surface area contributed by atoms with Crippen LogP contribution in [0.3, 0.4) is 0 Å². The van der Waals surface area contributed by atoms with Crippen LogP contribution < -0.4 is 10.6 Å². The SMILES string of the molecule is CNc1cc(NCC(C)CO)nc(C(C)C)n1. The molecule has 96 valence electrons. The Morgan fingerprint density at radius 2 is 1.88 bits per heavy atom. The number of nitrogens with one attached hydrogen (secondary N) is 2. The van der Waals surface area contributed by atoms with E-state index in [4.69, 9.17) is 5.11 Å². The van der Waals surface area contributed by atoms with Crippen molar-refractivity contribution in [2.24, 2.45) is 5.92 Å². The van der Waals surface area contributed by atoms with E-state index in [1.54, 1.807) is 0 Å². The van der Waals surface area contributed by atoms with Crippen LogP contribution in [0.1, 0.15) is 32.5 Å². The lowest BCUT2D eigenvalue weighted by molar-refractivity contribution is 0.244. The summed E-state index contributed by atoms with van der Waals surface area (Å²) in [5, 5.41) is 15.2. The second-order valence-corrected chi connectivity index (χ2v) is 4.57. The summed E-state index contributed by atoms with van der Waals surface area (Å²) in [4.78, 5) is 8.83. The van der Waals surface area contributed by atoms with Gasteiger partial charge in [0, 0.05) is 32.2 Å². The van der Waals surface area contributed by atoms with Crippen LogP contribution in [0.2, 0.25) is 0 Å². The Bertz CT molecular complexity index is 354. The van der Waals surface area contributed by atoms with Gasteiger partial charge in [-0.05, 0) is 5.92 Å². The van der Waals surface area contributed by atoms with Crippen LogP contribution in [0.25, 0.3) is 0 Å². The molecule has 0 aliphatic rings. The fraction of sp³-hybridized carbons (Fsp3) is 0.667. The molecule has 17 heavy (non-hydrogen) atoms. The second kappa shape index (κ2) is 6.39. The number of anilines is 2. The zero-order valence-corrected chi connectivity index (χ0v) is 11.0. The number of hydrogen-bond acceptors (Lipinski definition) is 5. The van der Waals surface area contributed by atoms with Gasteiger partial charge < -0.3 is 15.7 Å². The van der Waals surface area contributed by atoms with Crippen LogP contribution in [0.4, 0.5) is 11.6 Å². The maximum absolute atomic E-state index is 8.97. The summed E-state index contributed by atoms with van der Waals surface area (Å²) in [6.07, 6.45) is 0. The first-order valence-electron chi connectivity index (χ1n) is 5.98. The molecule has 0 fully saturated rings. The van der Waals surface area contributed by atoms with Crippen LogP contribution in [0.5, 0.6) is 0 Å². The molecule has 1 atom stereocenters. The number of rotatable bonds is 6. The summed E-state index contributed by atoms with van der Waals surface area (Å²) < 4.78 is 0. The van der Waals surface area contributed by atoms with E-state index >= 15 is 0 Å². The molecule has 0 amide bonds. The van der Waals surface area contributed by atoms with Crippen molar-refractivity contribution in [3.8, 4) is 0 Å². The Kier molecular flexibility index (Phi) is 5.15. The summed E-state index contributed by atoms with van der Waals surface area (Å²) in [6, 6.07) is 1.87. The average Bonchev–Trinajstić information content (AvgIpc) is 2.35. The van der Waals surface area contributed by atoms with Crippen molar-refractivity contribution in [2.45, 2.75) is 26.7 Å². The van der Waals surface area contributed by atoms with Crippen molar-refractivity contribution in [1.82, 2.24) is 9.97 Å². The normalized spacial score (nSPS) is 12.6. The minimum atomic E-state index is 0.175. The average molecular weight is 238 g/mol. The maximum Gasteiger partial charge on any atom is 0.135 e. The molecule has 0 saturated carbocycles. The lowest BCUT2D eigenvalue weighted by Crippen LogP contribution is -2.16. The molecule has 0 aliphatic carbocycles. The van der Waals surface area contributed by atoms with Gasteiger partial charge in [0.2, 0.25) is 0 Å². The maximum atomic E-state index is 8.97. The molecule has 5 nitrogen and oxygen atoms in total. The third-order valence-electron chi connectivity index (χ3n) is 2.46. The molecule has 3 N–H and O–H groups in total. The lowest BCUT2D eigenvalue weighted by atomic mass is 10.2. The van der Waals surface area contributed by atoms with Crippen LogP contribution in [0, 0.1) is 5.92 Å². The van der Waals surface area contributed by atoms with Gasteiger partial charge in [0.05, 0.1) is 0 Å². The monoisotopic (exact) mass is 238 g/mol. The summed E-state index contributed by atoms with van der Waals surface area (Å²) >= 11 is 0. The van der Waals surface area contributed by atoms with Gasteiger partial charge in [0.15, 0.2) is 0 Å². The summed E-state index contributed by atoms with van der Waals surface area (Å²) in [5.41, 5.74) is 0. The minimum Gasteiger partial charge on any atom is -0.396 e. The molecule has 0 bridgehead atoms. The zero-order chi connectivity index (χ0) is 12.8.